The van der Waals surface area contributed by atoms with E-state index in [2.05, 4.69) is 112 Å². The van der Waals surface area contributed by atoms with Crippen molar-refractivity contribution in [1.29, 1.82) is 0 Å². The molecule has 0 bridgehead atoms. The zero-order valence-corrected chi connectivity index (χ0v) is 20.1. The largest absolute Gasteiger partial charge is 0.309 e. The van der Waals surface area contributed by atoms with E-state index >= 15 is 0 Å². The normalized spacial score (nSPS) is 12.5. The Morgan fingerprint density at radius 1 is 0.697 bits per heavy atom. The van der Waals surface area contributed by atoms with Gasteiger partial charge < -0.3 is 4.90 Å². The molecule has 4 aromatic rings. The van der Waals surface area contributed by atoms with E-state index in [0.29, 0.717) is 0 Å². The van der Waals surface area contributed by atoms with Crippen molar-refractivity contribution in [3.63, 3.8) is 0 Å². The lowest BCUT2D eigenvalue weighted by Crippen LogP contribution is -2.15. The molecule has 0 unspecified atom stereocenters. The average Bonchev–Trinajstić information content (AvgIpc) is 3.19. The first kappa shape index (κ1) is 21.2. The number of hydrogen-bond acceptors (Lipinski definition) is 2. The molecule has 0 amide bonds. The smallest absolute Gasteiger partial charge is 0.0729 e. The maximum absolute atomic E-state index is 4.83. The highest BCUT2D eigenvalue weighted by Gasteiger charge is 2.22. The van der Waals surface area contributed by atoms with Crippen LogP contribution in [0, 0.1) is 27.7 Å². The van der Waals surface area contributed by atoms with Crippen molar-refractivity contribution in [3.05, 3.63) is 112 Å². The van der Waals surface area contributed by atoms with Gasteiger partial charge in [-0.1, -0.05) is 60.7 Å². The lowest BCUT2D eigenvalue weighted by molar-refractivity contribution is 1.17. The summed E-state index contributed by atoms with van der Waals surface area (Å²) in [6.07, 6.45) is 5.27. The number of pyridine rings is 1. The number of aryl methyl sites for hydroxylation is 4. The van der Waals surface area contributed by atoms with E-state index in [1.807, 2.05) is 6.20 Å². The molecular formula is C31H30N2. The summed E-state index contributed by atoms with van der Waals surface area (Å²) < 4.78 is 0. The average molecular weight is 431 g/mol. The van der Waals surface area contributed by atoms with Crippen LogP contribution in [0.4, 0.5) is 17.1 Å². The minimum atomic E-state index is 1.01. The lowest BCUT2D eigenvalue weighted by atomic mass is 9.96. The van der Waals surface area contributed by atoms with Crippen LogP contribution in [0.25, 0.3) is 16.8 Å². The molecule has 0 spiro atoms. The van der Waals surface area contributed by atoms with Crippen LogP contribution >= 0.6 is 0 Å². The summed E-state index contributed by atoms with van der Waals surface area (Å²) in [6, 6.07) is 24.0. The lowest BCUT2D eigenvalue weighted by Gasteiger charge is -2.31. The third-order valence-electron chi connectivity index (χ3n) is 6.78. The van der Waals surface area contributed by atoms with E-state index in [-0.39, 0.29) is 0 Å². The van der Waals surface area contributed by atoms with Crippen molar-refractivity contribution in [2.45, 2.75) is 41.0 Å². The molecular weight excluding hydrogens is 400 g/mol. The van der Waals surface area contributed by atoms with Gasteiger partial charge in [0.15, 0.2) is 0 Å². The van der Waals surface area contributed by atoms with Crippen molar-refractivity contribution >= 4 is 22.6 Å². The third kappa shape index (κ3) is 3.66. The van der Waals surface area contributed by atoms with E-state index in [1.165, 1.54) is 55.9 Å². The molecule has 0 radical (unpaired) electrons. The van der Waals surface area contributed by atoms with Gasteiger partial charge in [0.25, 0.3) is 0 Å². The second-order valence-corrected chi connectivity index (χ2v) is 9.15. The monoisotopic (exact) mass is 430 g/mol. The van der Waals surface area contributed by atoms with Crippen molar-refractivity contribution in [2.24, 2.45) is 0 Å². The Hall–Kier alpha value is -3.65. The van der Waals surface area contributed by atoms with Crippen molar-refractivity contribution in [2.75, 3.05) is 4.90 Å². The quantitative estimate of drug-likeness (QED) is 0.323. The van der Waals surface area contributed by atoms with Gasteiger partial charge in [0.1, 0.15) is 0 Å². The minimum Gasteiger partial charge on any atom is -0.309 e. The Balaban J connectivity index is 1.75. The van der Waals surface area contributed by atoms with Gasteiger partial charge in [0.2, 0.25) is 0 Å². The second kappa shape index (κ2) is 8.37. The van der Waals surface area contributed by atoms with Crippen LogP contribution in [0.15, 0.2) is 79.0 Å². The molecule has 1 aromatic heterocycles. The van der Waals surface area contributed by atoms with Gasteiger partial charge in [-0.15, -0.1) is 0 Å². The maximum Gasteiger partial charge on any atom is 0.0729 e. The number of benzene rings is 3. The standard InChI is InChI=1S/C31H30N2/c1-20-15-16-25-13-8-14-27(29(20)25)28-19-26(17-18-32-28)33(30-21(2)9-6-10-22(30)3)31-23(4)11-7-12-24(31)5/h6-15,17-19H,16H2,1-5H3. The number of hydrogen-bond donors (Lipinski definition) is 0. The fourth-order valence-electron chi connectivity index (χ4n) is 5.21. The minimum absolute atomic E-state index is 1.01. The van der Waals surface area contributed by atoms with Gasteiger partial charge >= 0.3 is 0 Å². The molecule has 0 aliphatic heterocycles. The molecule has 0 fully saturated rings. The van der Waals surface area contributed by atoms with E-state index in [4.69, 9.17) is 4.98 Å². The molecule has 1 heterocycles. The molecule has 33 heavy (non-hydrogen) atoms. The molecule has 1 aliphatic carbocycles. The molecule has 3 aromatic carbocycles. The summed E-state index contributed by atoms with van der Waals surface area (Å²) in [5, 5.41) is 0. The predicted octanol–water partition coefficient (Wildman–Crippen LogP) is 8.41. The van der Waals surface area contributed by atoms with E-state index in [9.17, 15) is 0 Å². The molecule has 164 valence electrons. The van der Waals surface area contributed by atoms with Crippen molar-refractivity contribution in [1.82, 2.24) is 4.98 Å². The molecule has 0 saturated heterocycles. The summed E-state index contributed by atoms with van der Waals surface area (Å²) in [7, 11) is 0. The van der Waals surface area contributed by atoms with Crippen molar-refractivity contribution < 1.29 is 0 Å². The maximum atomic E-state index is 4.83. The highest BCUT2D eigenvalue weighted by molar-refractivity contribution is 5.88. The van der Waals surface area contributed by atoms with Crippen LogP contribution < -0.4 is 4.90 Å². The Kier molecular flexibility index (Phi) is 5.38. The third-order valence-corrected chi connectivity index (χ3v) is 6.78. The zero-order valence-electron chi connectivity index (χ0n) is 20.1. The first-order valence-corrected chi connectivity index (χ1v) is 11.6. The number of para-hydroxylation sites is 2. The first-order chi connectivity index (χ1) is 16.0. The molecule has 5 rings (SSSR count). The van der Waals surface area contributed by atoms with Gasteiger partial charge in [-0.2, -0.15) is 0 Å². The Morgan fingerprint density at radius 2 is 1.27 bits per heavy atom. The van der Waals surface area contributed by atoms with Gasteiger partial charge in [0, 0.05) is 17.4 Å². The van der Waals surface area contributed by atoms with Gasteiger partial charge in [-0.3, -0.25) is 4.98 Å². The van der Waals surface area contributed by atoms with Crippen LogP contribution in [0.3, 0.4) is 0 Å². The number of nitrogens with zero attached hydrogens (tertiary/aromatic N) is 2. The van der Waals surface area contributed by atoms with Crippen molar-refractivity contribution in [3.8, 4) is 11.3 Å². The van der Waals surface area contributed by atoms with Gasteiger partial charge in [-0.05, 0) is 92.1 Å². The number of allylic oxidation sites excluding steroid dienone is 2. The number of aromatic nitrogens is 1. The summed E-state index contributed by atoms with van der Waals surface area (Å²) in [4.78, 5) is 7.25. The molecule has 0 atom stereocenters. The molecule has 2 heteroatoms. The fraction of sp³-hybridized carbons (Fsp3) is 0.194. The Bertz CT molecular complexity index is 1300. The molecule has 1 aliphatic rings. The van der Waals surface area contributed by atoms with Crippen LogP contribution in [-0.2, 0) is 6.42 Å². The van der Waals surface area contributed by atoms with Gasteiger partial charge in [-0.25, -0.2) is 0 Å². The zero-order chi connectivity index (χ0) is 23.1. The van der Waals surface area contributed by atoms with Crippen LogP contribution in [0.5, 0.6) is 0 Å². The van der Waals surface area contributed by atoms with Gasteiger partial charge in [0.05, 0.1) is 17.1 Å². The Labute approximate surface area is 197 Å². The topological polar surface area (TPSA) is 16.1 Å². The highest BCUT2D eigenvalue weighted by Crippen LogP contribution is 2.43. The number of fused-ring (bicyclic) bond motifs is 1. The molecule has 0 N–H and O–H groups in total. The van der Waals surface area contributed by atoms with E-state index < -0.39 is 0 Å². The Morgan fingerprint density at radius 3 is 1.88 bits per heavy atom. The van der Waals surface area contributed by atoms with Crippen LogP contribution in [0.2, 0.25) is 0 Å². The summed E-state index contributed by atoms with van der Waals surface area (Å²) >= 11 is 0. The van der Waals surface area contributed by atoms with E-state index in [1.54, 1.807) is 0 Å². The number of anilines is 3. The summed E-state index contributed by atoms with van der Waals surface area (Å²) in [5.41, 5.74) is 14.9. The highest BCUT2D eigenvalue weighted by atomic mass is 15.2. The molecule has 2 nitrogen and oxygen atoms in total. The van der Waals surface area contributed by atoms with E-state index in [0.717, 1.165) is 17.8 Å². The molecule has 0 saturated carbocycles. The van der Waals surface area contributed by atoms with Crippen LogP contribution in [0.1, 0.15) is 40.3 Å². The predicted molar refractivity (Wildman–Crippen MR) is 141 cm³/mol. The first-order valence-electron chi connectivity index (χ1n) is 11.6. The number of rotatable bonds is 4. The second-order valence-electron chi connectivity index (χ2n) is 9.15. The summed E-state index contributed by atoms with van der Waals surface area (Å²) in [6.45, 7) is 11.0. The SMILES string of the molecule is CC1=CCc2cccc(-c3cc(N(c4c(C)cccc4C)c4c(C)cccc4C)ccn3)c21. The fourth-order valence-corrected chi connectivity index (χ4v) is 5.21. The van der Waals surface area contributed by atoms with Crippen LogP contribution in [-0.4, -0.2) is 4.98 Å². The summed E-state index contributed by atoms with van der Waals surface area (Å²) in [5.74, 6) is 0.